The smallest absolute Gasteiger partial charge is 0.341 e. The highest BCUT2D eigenvalue weighted by atomic mass is 32.2. The number of aryl methyl sites for hydroxylation is 1. The third-order valence-corrected chi connectivity index (χ3v) is 4.44. The number of nitrogens with one attached hydrogen (secondary N) is 1. The van der Waals surface area contributed by atoms with Crippen molar-refractivity contribution in [3.8, 4) is 0 Å². The Labute approximate surface area is 114 Å². The Morgan fingerprint density at radius 3 is 2.50 bits per heavy atom. The highest BCUT2D eigenvalue weighted by Crippen LogP contribution is 2.37. The molecule has 0 amide bonds. The lowest BCUT2D eigenvalue weighted by molar-refractivity contribution is -0.140. The fraction of sp³-hybridized carbons (Fsp3) is 0.455. The highest BCUT2D eigenvalue weighted by molar-refractivity contribution is 7.89. The summed E-state index contributed by atoms with van der Waals surface area (Å²) in [7, 11) is -2.99. The molecule has 0 atom stereocenters. The van der Waals surface area contributed by atoms with Gasteiger partial charge in [0.05, 0.1) is 7.11 Å². The number of aliphatic carboxylic acids is 1. The molecule has 110 valence electrons. The molecule has 1 aliphatic carbocycles. The molecule has 0 aliphatic heterocycles. The summed E-state index contributed by atoms with van der Waals surface area (Å²) in [6.07, 6.45) is 0.427. The zero-order valence-corrected chi connectivity index (χ0v) is 11.6. The van der Waals surface area contributed by atoms with Crippen molar-refractivity contribution in [2.75, 3.05) is 7.11 Å². The van der Waals surface area contributed by atoms with Crippen LogP contribution in [0.4, 0.5) is 0 Å². The lowest BCUT2D eigenvalue weighted by atomic mass is 10.3. The minimum atomic E-state index is -4.15. The Hall–Kier alpha value is -1.87. The molecular weight excluding hydrogens is 290 g/mol. The van der Waals surface area contributed by atoms with Gasteiger partial charge in [0.25, 0.3) is 10.0 Å². The molecule has 0 radical (unpaired) electrons. The van der Waals surface area contributed by atoms with Crippen LogP contribution in [0.3, 0.4) is 0 Å². The van der Waals surface area contributed by atoms with Crippen LogP contribution < -0.4 is 4.72 Å². The summed E-state index contributed by atoms with van der Waals surface area (Å²) in [5.41, 5.74) is -1.49. The number of hydrogen-bond acceptors (Lipinski definition) is 6. The molecule has 1 aromatic heterocycles. The van der Waals surface area contributed by atoms with Crippen molar-refractivity contribution in [3.63, 3.8) is 0 Å². The Kier molecular flexibility index (Phi) is 3.34. The molecule has 0 unspecified atom stereocenters. The van der Waals surface area contributed by atoms with Gasteiger partial charge in [-0.25, -0.2) is 13.2 Å². The van der Waals surface area contributed by atoms with Crippen LogP contribution in [0.1, 0.15) is 29.0 Å². The van der Waals surface area contributed by atoms with E-state index in [0.29, 0.717) is 0 Å². The lowest BCUT2D eigenvalue weighted by Crippen LogP contribution is -2.42. The van der Waals surface area contributed by atoms with Crippen molar-refractivity contribution >= 4 is 22.0 Å². The van der Waals surface area contributed by atoms with E-state index >= 15 is 0 Å². The molecule has 0 aromatic carbocycles. The van der Waals surface area contributed by atoms with E-state index in [1.165, 1.54) is 6.92 Å². The van der Waals surface area contributed by atoms with Crippen molar-refractivity contribution in [1.82, 2.24) is 4.72 Å². The molecular formula is C11H13NO7S. The highest BCUT2D eigenvalue weighted by Gasteiger charge is 2.53. The maximum absolute atomic E-state index is 12.0. The second-order valence-corrected chi connectivity index (χ2v) is 6.13. The zero-order chi connectivity index (χ0) is 15.1. The van der Waals surface area contributed by atoms with Crippen molar-refractivity contribution in [1.29, 1.82) is 0 Å². The second-order valence-electron chi connectivity index (χ2n) is 4.52. The fourth-order valence-corrected chi connectivity index (χ4v) is 3.11. The topological polar surface area (TPSA) is 123 Å². The zero-order valence-electron chi connectivity index (χ0n) is 10.8. The van der Waals surface area contributed by atoms with Crippen molar-refractivity contribution in [2.45, 2.75) is 30.4 Å². The average molecular weight is 303 g/mol. The van der Waals surface area contributed by atoms with Crippen LogP contribution in [0.25, 0.3) is 0 Å². The SMILES string of the molecule is COC(=O)c1cc(S(=O)(=O)NC2(C(=O)O)CC2)oc1C. The standard InChI is InChI=1S/C11H13NO7S/c1-6-7(9(13)18-2)5-8(19-6)20(16,17)12-11(3-4-11)10(14)15/h5,12H,3-4H2,1-2H3,(H,14,15). The molecule has 2 rings (SSSR count). The van der Waals surface area contributed by atoms with E-state index < -0.39 is 32.6 Å². The summed E-state index contributed by atoms with van der Waals surface area (Å²) >= 11 is 0. The summed E-state index contributed by atoms with van der Waals surface area (Å²) in [4.78, 5) is 22.4. The molecule has 9 heteroatoms. The van der Waals surface area contributed by atoms with E-state index in [1.54, 1.807) is 0 Å². The van der Waals surface area contributed by atoms with Gasteiger partial charge in [0.2, 0.25) is 5.09 Å². The predicted molar refractivity (Wildman–Crippen MR) is 64.7 cm³/mol. The Morgan fingerprint density at radius 1 is 1.45 bits per heavy atom. The van der Waals surface area contributed by atoms with Gasteiger partial charge in [0, 0.05) is 6.07 Å². The summed E-state index contributed by atoms with van der Waals surface area (Å²) < 4.78 is 35.7. The van der Waals surface area contributed by atoms with Gasteiger partial charge in [0.15, 0.2) is 0 Å². The van der Waals surface area contributed by atoms with E-state index in [0.717, 1.165) is 13.2 Å². The Morgan fingerprint density at radius 2 is 2.05 bits per heavy atom. The summed E-state index contributed by atoms with van der Waals surface area (Å²) in [5, 5.41) is 8.46. The fourth-order valence-electron chi connectivity index (χ4n) is 1.69. The first kappa shape index (κ1) is 14.5. The van der Waals surface area contributed by atoms with Gasteiger partial charge in [-0.1, -0.05) is 0 Å². The molecule has 8 nitrogen and oxygen atoms in total. The average Bonchev–Trinajstić information content (AvgIpc) is 3.02. The first-order chi connectivity index (χ1) is 9.22. The first-order valence-corrected chi connectivity index (χ1v) is 7.16. The Balaban J connectivity index is 2.31. The van der Waals surface area contributed by atoms with Crippen molar-refractivity contribution in [2.24, 2.45) is 0 Å². The molecule has 1 heterocycles. The number of carbonyl (C=O) groups excluding carboxylic acids is 1. The maximum Gasteiger partial charge on any atom is 0.341 e. The second kappa shape index (κ2) is 4.60. The number of carbonyl (C=O) groups is 2. The summed E-state index contributed by atoms with van der Waals surface area (Å²) in [6.45, 7) is 1.41. The van der Waals surface area contributed by atoms with Gasteiger partial charge in [-0.05, 0) is 19.8 Å². The van der Waals surface area contributed by atoms with Gasteiger partial charge in [-0.3, -0.25) is 4.79 Å². The number of carboxylic acid groups (broad SMARTS) is 1. The van der Waals surface area contributed by atoms with E-state index in [-0.39, 0.29) is 24.2 Å². The molecule has 1 aliphatic rings. The minimum Gasteiger partial charge on any atom is -0.480 e. The molecule has 0 saturated heterocycles. The van der Waals surface area contributed by atoms with Crippen LogP contribution in [0.2, 0.25) is 0 Å². The summed E-state index contributed by atoms with van der Waals surface area (Å²) in [5.74, 6) is -1.89. The molecule has 1 saturated carbocycles. The first-order valence-electron chi connectivity index (χ1n) is 5.68. The molecule has 0 bridgehead atoms. The van der Waals surface area contributed by atoms with Crippen LogP contribution in [-0.2, 0) is 19.6 Å². The number of rotatable bonds is 5. The van der Waals surface area contributed by atoms with Crippen LogP contribution in [-0.4, -0.2) is 38.1 Å². The minimum absolute atomic E-state index is 0.0203. The van der Waals surface area contributed by atoms with E-state index in [1.807, 2.05) is 0 Å². The van der Waals surface area contributed by atoms with Crippen molar-refractivity contribution in [3.05, 3.63) is 17.4 Å². The van der Waals surface area contributed by atoms with Crippen LogP contribution in [0.15, 0.2) is 15.6 Å². The van der Waals surface area contributed by atoms with Gasteiger partial charge in [-0.15, -0.1) is 0 Å². The van der Waals surface area contributed by atoms with E-state index in [4.69, 9.17) is 9.52 Å². The van der Waals surface area contributed by atoms with Crippen LogP contribution >= 0.6 is 0 Å². The third-order valence-electron chi connectivity index (χ3n) is 3.05. The number of ether oxygens (including phenoxy) is 1. The van der Waals surface area contributed by atoms with Gasteiger partial charge in [-0.2, -0.15) is 4.72 Å². The number of furan rings is 1. The molecule has 2 N–H and O–H groups in total. The Bertz CT molecular complexity index is 669. The molecule has 0 spiro atoms. The lowest BCUT2D eigenvalue weighted by Gasteiger charge is -2.10. The number of carboxylic acids is 1. The van der Waals surface area contributed by atoms with Gasteiger partial charge in [0.1, 0.15) is 16.9 Å². The number of methoxy groups -OCH3 is 1. The largest absolute Gasteiger partial charge is 0.480 e. The predicted octanol–water partition coefficient (Wildman–Crippen LogP) is 0.270. The quantitative estimate of drug-likeness (QED) is 0.748. The van der Waals surface area contributed by atoms with Gasteiger partial charge >= 0.3 is 11.9 Å². The third kappa shape index (κ3) is 2.41. The van der Waals surface area contributed by atoms with Crippen LogP contribution in [0.5, 0.6) is 0 Å². The monoisotopic (exact) mass is 303 g/mol. The summed E-state index contributed by atoms with van der Waals surface area (Å²) in [6, 6.07) is 1.02. The van der Waals surface area contributed by atoms with E-state index in [2.05, 4.69) is 9.46 Å². The normalized spacial score (nSPS) is 16.7. The maximum atomic E-state index is 12.0. The van der Waals surface area contributed by atoms with E-state index in [9.17, 15) is 18.0 Å². The molecule has 20 heavy (non-hydrogen) atoms. The van der Waals surface area contributed by atoms with Crippen molar-refractivity contribution < 1.29 is 32.3 Å². The number of hydrogen-bond donors (Lipinski definition) is 2. The molecule has 1 aromatic rings. The number of sulfonamides is 1. The van der Waals surface area contributed by atoms with Crippen LogP contribution in [0, 0.1) is 6.92 Å². The number of esters is 1. The molecule has 1 fully saturated rings. The van der Waals surface area contributed by atoms with Gasteiger partial charge < -0.3 is 14.3 Å².